The molecule has 2 aromatic rings. The fraction of sp³-hybridized carbons (Fsp3) is 0.286. The molecule has 0 aliphatic rings. The number of benzene rings is 1. The molecule has 0 fully saturated rings. The van der Waals surface area contributed by atoms with Crippen molar-refractivity contribution in [3.05, 3.63) is 29.6 Å². The number of rotatable bonds is 2. The van der Waals surface area contributed by atoms with Crippen LogP contribution in [0.25, 0.3) is 11.3 Å². The Morgan fingerprint density at radius 2 is 2.15 bits per heavy atom. The minimum absolute atomic E-state index is 0.479. The lowest BCUT2D eigenvalue weighted by Crippen LogP contribution is -2.27. The highest BCUT2D eigenvalue weighted by Crippen LogP contribution is 2.25. The van der Waals surface area contributed by atoms with E-state index in [2.05, 4.69) is 10.3 Å². The topological polar surface area (TPSA) is 77.2 Å². The molecule has 1 aromatic heterocycles. The number of nitrogen functional groups attached to an aromatic ring is 1. The van der Waals surface area contributed by atoms with Gasteiger partial charge in [0.2, 0.25) is 0 Å². The van der Waals surface area contributed by atoms with Crippen LogP contribution in [0.2, 0.25) is 0 Å². The number of amides is 1. The second-order valence-electron chi connectivity index (χ2n) is 5.28. The van der Waals surface area contributed by atoms with Crippen LogP contribution in [0, 0.1) is 0 Å². The molecule has 1 amide bonds. The van der Waals surface area contributed by atoms with Gasteiger partial charge in [-0.25, -0.2) is 9.78 Å². The zero-order chi connectivity index (χ0) is 14.8. The number of carbonyl (C=O) groups excluding carboxylic acids is 1. The van der Waals surface area contributed by atoms with E-state index in [1.165, 1.54) is 11.3 Å². The molecule has 0 atom stereocenters. The molecule has 2 rings (SSSR count). The molecule has 0 unspecified atom stereocenters. The molecule has 106 valence electrons. The third kappa shape index (κ3) is 3.96. The zero-order valence-electron chi connectivity index (χ0n) is 11.6. The summed E-state index contributed by atoms with van der Waals surface area (Å²) in [6.45, 7) is 5.46. The van der Waals surface area contributed by atoms with Gasteiger partial charge in [0.25, 0.3) is 0 Å². The van der Waals surface area contributed by atoms with Crippen LogP contribution in [-0.4, -0.2) is 16.7 Å². The maximum atomic E-state index is 11.7. The van der Waals surface area contributed by atoms with E-state index in [0.717, 1.165) is 11.3 Å². The first-order valence-electron chi connectivity index (χ1n) is 6.15. The van der Waals surface area contributed by atoms with Crippen LogP contribution in [0.4, 0.5) is 15.6 Å². The van der Waals surface area contributed by atoms with Crippen molar-refractivity contribution in [2.45, 2.75) is 26.4 Å². The zero-order valence-corrected chi connectivity index (χ0v) is 12.5. The van der Waals surface area contributed by atoms with Crippen LogP contribution in [0.3, 0.4) is 0 Å². The van der Waals surface area contributed by atoms with Crippen LogP contribution in [0.15, 0.2) is 29.6 Å². The second kappa shape index (κ2) is 5.50. The Hall–Kier alpha value is -2.08. The maximum absolute atomic E-state index is 11.7. The molecule has 0 aliphatic heterocycles. The summed E-state index contributed by atoms with van der Waals surface area (Å²) >= 11 is 1.38. The van der Waals surface area contributed by atoms with Crippen molar-refractivity contribution < 1.29 is 9.53 Å². The predicted octanol–water partition coefficient (Wildman–Crippen LogP) is 3.74. The Kier molecular flexibility index (Phi) is 3.94. The summed E-state index contributed by atoms with van der Waals surface area (Å²) in [5.74, 6) is 0. The van der Waals surface area contributed by atoms with Crippen LogP contribution < -0.4 is 11.1 Å². The summed E-state index contributed by atoms with van der Waals surface area (Å²) in [5, 5.41) is 5.09. The van der Waals surface area contributed by atoms with E-state index >= 15 is 0 Å². The van der Waals surface area contributed by atoms with Gasteiger partial charge < -0.3 is 10.5 Å². The number of nitrogens with zero attached hydrogens (tertiary/aromatic N) is 1. The highest BCUT2D eigenvalue weighted by atomic mass is 32.1. The predicted molar refractivity (Wildman–Crippen MR) is 81.8 cm³/mol. The smallest absolute Gasteiger partial charge is 0.412 e. The monoisotopic (exact) mass is 291 g/mol. The summed E-state index contributed by atoms with van der Waals surface area (Å²) in [5.41, 5.74) is 7.44. The first kappa shape index (κ1) is 14.3. The molecule has 1 aromatic carbocycles. The average Bonchev–Trinajstić information content (AvgIpc) is 2.73. The number of ether oxygens (including phenoxy) is 1. The van der Waals surface area contributed by atoms with E-state index in [1.807, 2.05) is 44.4 Å². The lowest BCUT2D eigenvalue weighted by molar-refractivity contribution is 0.0636. The lowest BCUT2D eigenvalue weighted by atomic mass is 10.1. The van der Waals surface area contributed by atoms with E-state index in [-0.39, 0.29) is 0 Å². The van der Waals surface area contributed by atoms with Crippen LogP contribution in [-0.2, 0) is 4.74 Å². The largest absolute Gasteiger partial charge is 0.444 e. The Morgan fingerprint density at radius 3 is 2.75 bits per heavy atom. The van der Waals surface area contributed by atoms with Crippen molar-refractivity contribution in [2.24, 2.45) is 0 Å². The van der Waals surface area contributed by atoms with E-state index in [1.54, 1.807) is 6.07 Å². The number of carbonyl (C=O) groups is 1. The van der Waals surface area contributed by atoms with Gasteiger partial charge >= 0.3 is 6.09 Å². The molecule has 5 nitrogen and oxygen atoms in total. The normalized spacial score (nSPS) is 11.2. The molecule has 0 radical (unpaired) electrons. The Morgan fingerprint density at radius 1 is 1.40 bits per heavy atom. The maximum Gasteiger partial charge on any atom is 0.412 e. The highest BCUT2D eigenvalue weighted by molar-refractivity contribution is 7.13. The van der Waals surface area contributed by atoms with Gasteiger partial charge in [0.15, 0.2) is 5.13 Å². The fourth-order valence-corrected chi connectivity index (χ4v) is 2.17. The highest BCUT2D eigenvalue weighted by Gasteiger charge is 2.16. The van der Waals surface area contributed by atoms with Gasteiger partial charge in [0.1, 0.15) is 5.60 Å². The average molecular weight is 291 g/mol. The SMILES string of the molecule is CC(C)(C)OC(=O)Nc1cccc(-c2csc(N)n2)c1. The van der Waals surface area contributed by atoms with Gasteiger partial charge in [0.05, 0.1) is 5.69 Å². The van der Waals surface area contributed by atoms with Crippen molar-refractivity contribution in [1.29, 1.82) is 0 Å². The number of anilines is 2. The third-order valence-electron chi connectivity index (χ3n) is 2.33. The lowest BCUT2D eigenvalue weighted by Gasteiger charge is -2.19. The van der Waals surface area contributed by atoms with Crippen LogP contribution >= 0.6 is 11.3 Å². The van der Waals surface area contributed by atoms with Crippen molar-refractivity contribution in [3.8, 4) is 11.3 Å². The first-order valence-corrected chi connectivity index (χ1v) is 7.03. The number of nitrogens with two attached hydrogens (primary N) is 1. The minimum atomic E-state index is -0.523. The summed E-state index contributed by atoms with van der Waals surface area (Å²) in [4.78, 5) is 15.9. The summed E-state index contributed by atoms with van der Waals surface area (Å²) in [6.07, 6.45) is -0.479. The van der Waals surface area contributed by atoms with Crippen molar-refractivity contribution >= 4 is 28.2 Å². The molecule has 0 spiro atoms. The van der Waals surface area contributed by atoms with E-state index in [0.29, 0.717) is 10.8 Å². The van der Waals surface area contributed by atoms with Gasteiger partial charge in [-0.3, -0.25) is 5.32 Å². The molecule has 0 saturated heterocycles. The number of hydrogen-bond acceptors (Lipinski definition) is 5. The van der Waals surface area contributed by atoms with E-state index in [4.69, 9.17) is 10.5 Å². The number of thiazole rings is 1. The fourth-order valence-electron chi connectivity index (χ4n) is 1.60. The number of nitrogens with one attached hydrogen (secondary N) is 1. The van der Waals surface area contributed by atoms with Gasteiger partial charge in [-0.1, -0.05) is 12.1 Å². The molecule has 1 heterocycles. The molecule has 0 bridgehead atoms. The first-order chi connectivity index (χ1) is 9.33. The second-order valence-corrected chi connectivity index (χ2v) is 6.17. The van der Waals surface area contributed by atoms with Gasteiger partial charge in [-0.15, -0.1) is 11.3 Å². The molecule has 6 heteroatoms. The Bertz CT molecular complexity index is 617. The molecule has 20 heavy (non-hydrogen) atoms. The minimum Gasteiger partial charge on any atom is -0.444 e. The molecule has 3 N–H and O–H groups in total. The Labute approximate surface area is 121 Å². The Balaban J connectivity index is 2.12. The van der Waals surface area contributed by atoms with Gasteiger partial charge in [0, 0.05) is 16.6 Å². The van der Waals surface area contributed by atoms with Crippen molar-refractivity contribution in [3.63, 3.8) is 0 Å². The van der Waals surface area contributed by atoms with E-state index < -0.39 is 11.7 Å². The van der Waals surface area contributed by atoms with E-state index in [9.17, 15) is 4.79 Å². The number of hydrogen-bond donors (Lipinski definition) is 2. The molecular formula is C14H17N3O2S. The molecule has 0 saturated carbocycles. The van der Waals surface area contributed by atoms with Crippen molar-refractivity contribution in [1.82, 2.24) is 4.98 Å². The van der Waals surface area contributed by atoms with Gasteiger partial charge in [-0.05, 0) is 32.9 Å². The summed E-state index contributed by atoms with van der Waals surface area (Å²) < 4.78 is 5.21. The molecule has 0 aliphatic carbocycles. The quantitative estimate of drug-likeness (QED) is 0.883. The summed E-state index contributed by atoms with van der Waals surface area (Å²) in [6, 6.07) is 7.38. The number of aromatic nitrogens is 1. The van der Waals surface area contributed by atoms with Crippen LogP contribution in [0.5, 0.6) is 0 Å². The summed E-state index contributed by atoms with van der Waals surface area (Å²) in [7, 11) is 0. The van der Waals surface area contributed by atoms with Crippen molar-refractivity contribution in [2.75, 3.05) is 11.1 Å². The third-order valence-corrected chi connectivity index (χ3v) is 3.00. The van der Waals surface area contributed by atoms with Crippen LogP contribution in [0.1, 0.15) is 20.8 Å². The standard InChI is InChI=1S/C14H17N3O2S/c1-14(2,3)19-13(18)16-10-6-4-5-9(7-10)11-8-20-12(15)17-11/h4-8H,1-3H3,(H2,15,17)(H,16,18). The van der Waals surface area contributed by atoms with Gasteiger partial charge in [-0.2, -0.15) is 0 Å². The molecular weight excluding hydrogens is 274 g/mol.